The molecule has 7 atom stereocenters. The molecule has 2 bridgehead atoms. The van der Waals surface area contributed by atoms with E-state index in [1.165, 1.54) is 19.3 Å². The van der Waals surface area contributed by atoms with Crippen LogP contribution >= 0.6 is 0 Å². The molecule has 5 rings (SSSR count). The summed E-state index contributed by atoms with van der Waals surface area (Å²) in [5, 5.41) is 0. The van der Waals surface area contributed by atoms with E-state index in [1.54, 1.807) is 24.3 Å². The Kier molecular flexibility index (Phi) is 4.58. The molecule has 1 saturated heterocycles. The molecule has 1 aromatic carbocycles. The lowest BCUT2D eigenvalue weighted by Gasteiger charge is -2.40. The topological polar surface area (TPSA) is 61.8 Å². The zero-order valence-corrected chi connectivity index (χ0v) is 18.4. The monoisotopic (exact) mass is 420 g/mol. The van der Waals surface area contributed by atoms with Crippen molar-refractivity contribution in [3.8, 4) is 5.75 Å². The van der Waals surface area contributed by atoms with Crippen molar-refractivity contribution < 1.29 is 22.1 Å². The standard InChI is InChI=1S/C23H32O5S/c1-4-8-15-13-17(15)21-26-19-18-11-12-23(20(19)27-21,22(18,2)3)14-29(24,25)28-16-9-6-5-7-10-16/h5-7,9-10,15,17-21H,4,8,11-14H2,1-3H3/t15-,17-,18-,19-,20-,21-,23-/m1/s1. The summed E-state index contributed by atoms with van der Waals surface area (Å²) in [4.78, 5) is 0. The lowest BCUT2D eigenvalue weighted by Crippen LogP contribution is -2.47. The Bertz CT molecular complexity index is 867. The van der Waals surface area contributed by atoms with Crippen molar-refractivity contribution in [3.05, 3.63) is 30.3 Å². The number of benzene rings is 1. The zero-order valence-electron chi connectivity index (χ0n) is 17.5. The minimum atomic E-state index is -3.75. The van der Waals surface area contributed by atoms with E-state index in [1.807, 2.05) is 6.07 Å². The van der Waals surface area contributed by atoms with Gasteiger partial charge in [-0.15, -0.1) is 0 Å². The maximum Gasteiger partial charge on any atom is 0.309 e. The first-order valence-electron chi connectivity index (χ1n) is 11.1. The predicted octanol–water partition coefficient (Wildman–Crippen LogP) is 4.38. The smallest absolute Gasteiger partial charge is 0.309 e. The van der Waals surface area contributed by atoms with E-state index in [0.29, 0.717) is 23.5 Å². The molecule has 3 aliphatic carbocycles. The van der Waals surface area contributed by atoms with Crippen LogP contribution in [0.5, 0.6) is 5.75 Å². The zero-order chi connectivity index (χ0) is 20.4. The Balaban J connectivity index is 1.38. The average Bonchev–Trinajstić information content (AvgIpc) is 3.14. The molecule has 0 spiro atoms. The molecule has 6 heteroatoms. The Labute approximate surface area is 174 Å². The molecule has 0 N–H and O–H groups in total. The average molecular weight is 421 g/mol. The molecule has 0 amide bonds. The maximum atomic E-state index is 13.1. The second-order valence-corrected chi connectivity index (χ2v) is 11.7. The minimum absolute atomic E-state index is 0.0125. The maximum absolute atomic E-state index is 13.1. The first kappa shape index (κ1) is 19.8. The van der Waals surface area contributed by atoms with E-state index in [2.05, 4.69) is 20.8 Å². The Morgan fingerprint density at radius 2 is 1.93 bits per heavy atom. The second-order valence-electron chi connectivity index (χ2n) is 10.1. The number of fused-ring (bicyclic) bond motifs is 5. The molecule has 29 heavy (non-hydrogen) atoms. The molecular formula is C23H32O5S. The Hall–Kier alpha value is -1.11. The lowest BCUT2D eigenvalue weighted by atomic mass is 9.69. The van der Waals surface area contributed by atoms with Gasteiger partial charge in [0.2, 0.25) is 0 Å². The van der Waals surface area contributed by atoms with Crippen LogP contribution in [0.2, 0.25) is 0 Å². The highest BCUT2D eigenvalue weighted by atomic mass is 32.2. The summed E-state index contributed by atoms with van der Waals surface area (Å²) in [5.41, 5.74) is -0.618. The van der Waals surface area contributed by atoms with Crippen molar-refractivity contribution in [2.24, 2.45) is 28.6 Å². The van der Waals surface area contributed by atoms with Crippen molar-refractivity contribution in [2.45, 2.75) is 71.4 Å². The highest BCUT2D eigenvalue weighted by Gasteiger charge is 2.74. The quantitative estimate of drug-likeness (QED) is 0.613. The normalized spacial score (nSPS) is 42.0. The van der Waals surface area contributed by atoms with Gasteiger partial charge in [-0.2, -0.15) is 8.42 Å². The summed E-state index contributed by atoms with van der Waals surface area (Å²) >= 11 is 0. The van der Waals surface area contributed by atoms with Crippen LogP contribution in [0.15, 0.2) is 30.3 Å². The van der Waals surface area contributed by atoms with Crippen LogP contribution in [0.4, 0.5) is 0 Å². The van der Waals surface area contributed by atoms with E-state index in [0.717, 1.165) is 12.8 Å². The molecule has 0 aromatic heterocycles. The third kappa shape index (κ3) is 3.05. The molecule has 0 unspecified atom stereocenters. The van der Waals surface area contributed by atoms with Crippen molar-refractivity contribution >= 4 is 10.1 Å². The molecule has 160 valence electrons. The Morgan fingerprint density at radius 1 is 1.17 bits per heavy atom. The summed E-state index contributed by atoms with van der Waals surface area (Å²) < 4.78 is 44.6. The van der Waals surface area contributed by atoms with E-state index >= 15 is 0 Å². The minimum Gasteiger partial charge on any atom is -0.382 e. The summed E-state index contributed by atoms with van der Waals surface area (Å²) in [6.45, 7) is 6.61. The van der Waals surface area contributed by atoms with Gasteiger partial charge in [-0.05, 0) is 48.6 Å². The first-order chi connectivity index (χ1) is 13.8. The lowest BCUT2D eigenvalue weighted by molar-refractivity contribution is -0.125. The molecule has 5 nitrogen and oxygen atoms in total. The van der Waals surface area contributed by atoms with Gasteiger partial charge in [0.1, 0.15) is 5.75 Å². The highest BCUT2D eigenvalue weighted by molar-refractivity contribution is 7.87. The van der Waals surface area contributed by atoms with E-state index in [-0.39, 0.29) is 29.7 Å². The molecule has 0 radical (unpaired) electrons. The van der Waals surface area contributed by atoms with Crippen LogP contribution in [-0.4, -0.2) is 32.7 Å². The molecule has 1 aromatic rings. The van der Waals surface area contributed by atoms with Gasteiger partial charge in [0.25, 0.3) is 0 Å². The van der Waals surface area contributed by atoms with Crippen molar-refractivity contribution in [1.29, 1.82) is 0 Å². The van der Waals surface area contributed by atoms with Crippen LogP contribution in [0, 0.1) is 28.6 Å². The van der Waals surface area contributed by atoms with Crippen LogP contribution in [0.1, 0.15) is 52.9 Å². The number of ether oxygens (including phenoxy) is 2. The van der Waals surface area contributed by atoms with Crippen LogP contribution in [0.3, 0.4) is 0 Å². The van der Waals surface area contributed by atoms with Gasteiger partial charge in [0.05, 0.1) is 18.0 Å². The Morgan fingerprint density at radius 3 is 2.66 bits per heavy atom. The molecule has 1 aliphatic heterocycles. The molecule has 3 saturated carbocycles. The van der Waals surface area contributed by atoms with E-state index in [4.69, 9.17) is 13.7 Å². The van der Waals surface area contributed by atoms with Gasteiger partial charge in [-0.1, -0.05) is 51.8 Å². The largest absolute Gasteiger partial charge is 0.382 e. The second kappa shape index (κ2) is 6.69. The molecule has 4 aliphatic rings. The van der Waals surface area contributed by atoms with Gasteiger partial charge < -0.3 is 13.7 Å². The van der Waals surface area contributed by atoms with Crippen LogP contribution < -0.4 is 4.18 Å². The van der Waals surface area contributed by atoms with Crippen LogP contribution in [0.25, 0.3) is 0 Å². The summed E-state index contributed by atoms with van der Waals surface area (Å²) in [6.07, 6.45) is 5.13. The fourth-order valence-corrected chi connectivity index (χ4v) is 8.37. The summed E-state index contributed by atoms with van der Waals surface area (Å²) in [6, 6.07) is 8.77. The molecule has 4 fully saturated rings. The first-order valence-corrected chi connectivity index (χ1v) is 12.6. The SMILES string of the molecule is CCC[C@@H]1C[C@H]1[C@@H]1O[C@@H]2[C@H]3CC[C@@](CS(=O)(=O)Oc4ccccc4)([C@@H]2O1)C3(C)C. The highest BCUT2D eigenvalue weighted by Crippen LogP contribution is 2.70. The number of para-hydroxylation sites is 1. The third-order valence-corrected chi connectivity index (χ3v) is 9.63. The number of rotatable bonds is 7. The molecule has 1 heterocycles. The van der Waals surface area contributed by atoms with Gasteiger partial charge in [0.15, 0.2) is 6.29 Å². The fourth-order valence-electron chi connectivity index (χ4n) is 6.60. The van der Waals surface area contributed by atoms with Crippen molar-refractivity contribution in [2.75, 3.05) is 5.75 Å². The van der Waals surface area contributed by atoms with E-state index < -0.39 is 15.5 Å². The molecular weight excluding hydrogens is 388 g/mol. The van der Waals surface area contributed by atoms with Gasteiger partial charge >= 0.3 is 10.1 Å². The van der Waals surface area contributed by atoms with E-state index in [9.17, 15) is 8.42 Å². The van der Waals surface area contributed by atoms with Crippen molar-refractivity contribution in [3.63, 3.8) is 0 Å². The third-order valence-electron chi connectivity index (χ3n) is 8.31. The summed E-state index contributed by atoms with van der Waals surface area (Å²) in [7, 11) is -3.75. The number of hydrogen-bond acceptors (Lipinski definition) is 5. The fraction of sp³-hybridized carbons (Fsp3) is 0.739. The van der Waals surface area contributed by atoms with Gasteiger partial charge in [-0.3, -0.25) is 0 Å². The van der Waals surface area contributed by atoms with Gasteiger partial charge in [-0.25, -0.2) is 0 Å². The predicted molar refractivity (Wildman–Crippen MR) is 110 cm³/mol. The van der Waals surface area contributed by atoms with Gasteiger partial charge in [0, 0.05) is 11.3 Å². The number of hydrogen-bond donors (Lipinski definition) is 0. The summed E-state index contributed by atoms with van der Waals surface area (Å²) in [5.74, 6) is 1.88. The van der Waals surface area contributed by atoms with Crippen LogP contribution in [-0.2, 0) is 19.6 Å². The van der Waals surface area contributed by atoms with Crippen molar-refractivity contribution in [1.82, 2.24) is 0 Å².